The van der Waals surface area contributed by atoms with E-state index in [9.17, 15) is 4.79 Å². The largest absolute Gasteiger partial charge is 0.395 e. The minimum Gasteiger partial charge on any atom is -0.395 e. The number of aliphatic hydroxyl groups is 1. The van der Waals surface area contributed by atoms with Crippen LogP contribution in [0, 0.1) is 0 Å². The number of nitrogens with zero attached hydrogens (tertiary/aromatic N) is 1. The van der Waals surface area contributed by atoms with Crippen molar-refractivity contribution in [3.8, 4) is 0 Å². The minimum atomic E-state index is -0.0915. The quantitative estimate of drug-likeness (QED) is 0.800. The summed E-state index contributed by atoms with van der Waals surface area (Å²) in [5.41, 5.74) is 0. The average Bonchev–Trinajstić information content (AvgIpc) is 2.89. The number of rotatable bonds is 7. The first-order chi connectivity index (χ1) is 8.72. The Morgan fingerprint density at radius 2 is 2.28 bits per heavy atom. The van der Waals surface area contributed by atoms with Crippen molar-refractivity contribution in [3.05, 3.63) is 22.4 Å². The van der Waals surface area contributed by atoms with Gasteiger partial charge in [0.15, 0.2) is 0 Å². The van der Waals surface area contributed by atoms with E-state index < -0.39 is 0 Å². The fraction of sp³-hybridized carbons (Fsp3) is 0.615. The highest BCUT2D eigenvalue weighted by atomic mass is 32.1. The topological polar surface area (TPSA) is 52.6 Å². The Kier molecular flexibility index (Phi) is 6.75. The van der Waals surface area contributed by atoms with Gasteiger partial charge >= 0.3 is 6.03 Å². The van der Waals surface area contributed by atoms with Crippen LogP contribution in [0.1, 0.15) is 37.6 Å². The van der Waals surface area contributed by atoms with Crippen molar-refractivity contribution in [2.75, 3.05) is 19.7 Å². The Hall–Kier alpha value is -1.07. The summed E-state index contributed by atoms with van der Waals surface area (Å²) in [6.07, 6.45) is 1.76. The lowest BCUT2D eigenvalue weighted by Gasteiger charge is -2.24. The molecule has 102 valence electrons. The number of hydrogen-bond donors (Lipinski definition) is 2. The van der Waals surface area contributed by atoms with Crippen molar-refractivity contribution >= 4 is 17.4 Å². The molecular formula is C13H22N2O2S. The van der Waals surface area contributed by atoms with E-state index in [0.717, 1.165) is 12.8 Å². The maximum absolute atomic E-state index is 12.1. The molecule has 18 heavy (non-hydrogen) atoms. The van der Waals surface area contributed by atoms with Gasteiger partial charge in [0, 0.05) is 18.0 Å². The Morgan fingerprint density at radius 1 is 1.50 bits per heavy atom. The predicted octanol–water partition coefficient (Wildman–Crippen LogP) is 2.61. The molecule has 0 aliphatic carbocycles. The molecule has 1 atom stereocenters. The van der Waals surface area contributed by atoms with Crippen LogP contribution in [0.15, 0.2) is 17.5 Å². The zero-order chi connectivity index (χ0) is 13.4. The molecule has 1 aromatic rings. The van der Waals surface area contributed by atoms with Crippen LogP contribution in [0.25, 0.3) is 0 Å². The van der Waals surface area contributed by atoms with Crippen LogP contribution in [-0.2, 0) is 0 Å². The number of urea groups is 1. The molecule has 4 nitrogen and oxygen atoms in total. The van der Waals surface area contributed by atoms with Crippen molar-refractivity contribution < 1.29 is 9.90 Å². The molecule has 2 amide bonds. The van der Waals surface area contributed by atoms with Gasteiger partial charge in [-0.05, 0) is 24.3 Å². The lowest BCUT2D eigenvalue weighted by atomic mass is 10.2. The lowest BCUT2D eigenvalue weighted by Crippen LogP contribution is -2.43. The monoisotopic (exact) mass is 270 g/mol. The molecule has 0 bridgehead atoms. The van der Waals surface area contributed by atoms with E-state index in [-0.39, 0.29) is 18.7 Å². The fourth-order valence-electron chi connectivity index (χ4n) is 1.81. The second kappa shape index (κ2) is 8.11. The smallest absolute Gasteiger partial charge is 0.317 e. The van der Waals surface area contributed by atoms with Crippen LogP contribution in [0.2, 0.25) is 0 Å². The van der Waals surface area contributed by atoms with Crippen LogP contribution >= 0.6 is 11.3 Å². The Morgan fingerprint density at radius 3 is 2.78 bits per heavy atom. The van der Waals surface area contributed by atoms with Gasteiger partial charge in [0.25, 0.3) is 0 Å². The van der Waals surface area contributed by atoms with E-state index in [1.165, 1.54) is 4.88 Å². The maximum atomic E-state index is 12.1. The number of aliphatic hydroxyl groups excluding tert-OH is 1. The van der Waals surface area contributed by atoms with Crippen molar-refractivity contribution in [1.82, 2.24) is 10.2 Å². The SMILES string of the molecule is CCCN(CCO)C(=O)NC(CC)c1cccs1. The summed E-state index contributed by atoms with van der Waals surface area (Å²) >= 11 is 1.65. The molecule has 2 N–H and O–H groups in total. The van der Waals surface area contributed by atoms with Gasteiger partial charge in [0.1, 0.15) is 0 Å². The number of amides is 2. The zero-order valence-corrected chi connectivity index (χ0v) is 11.9. The van der Waals surface area contributed by atoms with Gasteiger partial charge in [-0.2, -0.15) is 0 Å². The van der Waals surface area contributed by atoms with E-state index >= 15 is 0 Å². The summed E-state index contributed by atoms with van der Waals surface area (Å²) in [7, 11) is 0. The highest BCUT2D eigenvalue weighted by Crippen LogP contribution is 2.21. The number of thiophene rings is 1. The Bertz CT molecular complexity index is 335. The highest BCUT2D eigenvalue weighted by Gasteiger charge is 2.17. The van der Waals surface area contributed by atoms with E-state index in [4.69, 9.17) is 5.11 Å². The minimum absolute atomic E-state index is 0.00319. The molecule has 1 aromatic heterocycles. The van der Waals surface area contributed by atoms with Crippen molar-refractivity contribution in [2.45, 2.75) is 32.7 Å². The van der Waals surface area contributed by atoms with E-state index in [1.807, 2.05) is 24.4 Å². The molecule has 0 saturated carbocycles. The van der Waals surface area contributed by atoms with Crippen LogP contribution in [0.4, 0.5) is 4.79 Å². The number of carbonyl (C=O) groups is 1. The third kappa shape index (κ3) is 4.31. The first-order valence-electron chi connectivity index (χ1n) is 6.42. The van der Waals surface area contributed by atoms with Gasteiger partial charge in [0.05, 0.1) is 12.6 Å². The summed E-state index contributed by atoms with van der Waals surface area (Å²) < 4.78 is 0. The molecule has 0 fully saturated rings. The van der Waals surface area contributed by atoms with Crippen molar-refractivity contribution in [3.63, 3.8) is 0 Å². The highest BCUT2D eigenvalue weighted by molar-refractivity contribution is 7.10. The van der Waals surface area contributed by atoms with E-state index in [2.05, 4.69) is 12.2 Å². The number of carbonyl (C=O) groups excluding carboxylic acids is 1. The zero-order valence-electron chi connectivity index (χ0n) is 11.1. The predicted molar refractivity (Wildman–Crippen MR) is 74.8 cm³/mol. The average molecular weight is 270 g/mol. The van der Waals surface area contributed by atoms with E-state index in [0.29, 0.717) is 13.1 Å². The number of nitrogens with one attached hydrogen (secondary N) is 1. The summed E-state index contributed by atoms with van der Waals surface area (Å²) in [6, 6.07) is 4.00. The van der Waals surface area contributed by atoms with Crippen LogP contribution in [0.3, 0.4) is 0 Å². The first-order valence-corrected chi connectivity index (χ1v) is 7.30. The molecule has 5 heteroatoms. The molecule has 0 aromatic carbocycles. The normalized spacial score (nSPS) is 12.2. The molecule has 0 aliphatic rings. The molecule has 0 saturated heterocycles. The Balaban J connectivity index is 2.60. The fourth-order valence-corrected chi connectivity index (χ4v) is 2.67. The van der Waals surface area contributed by atoms with E-state index in [1.54, 1.807) is 16.2 Å². The third-order valence-corrected chi connectivity index (χ3v) is 3.73. The standard InChI is InChI=1S/C13H22N2O2S/c1-3-7-15(8-9-16)13(17)14-11(4-2)12-6-5-10-18-12/h5-6,10-11,16H,3-4,7-9H2,1-2H3,(H,14,17). The number of hydrogen-bond acceptors (Lipinski definition) is 3. The molecule has 0 spiro atoms. The molecule has 0 radical (unpaired) electrons. The van der Waals surface area contributed by atoms with Gasteiger partial charge < -0.3 is 15.3 Å². The summed E-state index contributed by atoms with van der Waals surface area (Å²) in [6.45, 7) is 5.14. The molecular weight excluding hydrogens is 248 g/mol. The Labute approximate surface area is 113 Å². The third-order valence-electron chi connectivity index (χ3n) is 2.74. The summed E-state index contributed by atoms with van der Waals surface area (Å²) in [5, 5.41) is 14.0. The molecule has 0 aliphatic heterocycles. The van der Waals surface area contributed by atoms with Gasteiger partial charge in [-0.3, -0.25) is 0 Å². The molecule has 1 heterocycles. The van der Waals surface area contributed by atoms with Crippen molar-refractivity contribution in [1.29, 1.82) is 0 Å². The maximum Gasteiger partial charge on any atom is 0.317 e. The van der Waals surface area contributed by atoms with Gasteiger partial charge in [-0.25, -0.2) is 4.79 Å². The lowest BCUT2D eigenvalue weighted by molar-refractivity contribution is 0.174. The van der Waals surface area contributed by atoms with Gasteiger partial charge in [-0.1, -0.05) is 19.9 Å². The second-order valence-electron chi connectivity index (χ2n) is 4.14. The van der Waals surface area contributed by atoms with Crippen LogP contribution in [-0.4, -0.2) is 35.7 Å². The first kappa shape index (κ1) is 15.0. The van der Waals surface area contributed by atoms with Gasteiger partial charge in [-0.15, -0.1) is 11.3 Å². The molecule has 1 rings (SSSR count). The second-order valence-corrected chi connectivity index (χ2v) is 5.12. The van der Waals surface area contributed by atoms with Crippen LogP contribution in [0.5, 0.6) is 0 Å². The molecule has 1 unspecified atom stereocenters. The summed E-state index contributed by atoms with van der Waals surface area (Å²) in [5.74, 6) is 0. The van der Waals surface area contributed by atoms with Gasteiger partial charge in [0.2, 0.25) is 0 Å². The van der Waals surface area contributed by atoms with Crippen molar-refractivity contribution in [2.24, 2.45) is 0 Å². The van der Waals surface area contributed by atoms with Crippen LogP contribution < -0.4 is 5.32 Å². The summed E-state index contributed by atoms with van der Waals surface area (Å²) in [4.78, 5) is 14.9.